The summed E-state index contributed by atoms with van der Waals surface area (Å²) < 4.78 is 6.23. The van der Waals surface area contributed by atoms with E-state index in [4.69, 9.17) is 10.5 Å². The highest BCUT2D eigenvalue weighted by Crippen LogP contribution is 2.20. The molecule has 6 heteroatoms. The van der Waals surface area contributed by atoms with Crippen LogP contribution in [0.1, 0.15) is 0 Å². The zero-order valence-electron chi connectivity index (χ0n) is 9.66. The summed E-state index contributed by atoms with van der Waals surface area (Å²) in [5.74, 6) is 0.537. The predicted molar refractivity (Wildman–Crippen MR) is 72.1 cm³/mol. The Kier molecular flexibility index (Phi) is 4.58. The van der Waals surface area contributed by atoms with Crippen molar-refractivity contribution in [2.75, 3.05) is 50.4 Å². The molecule has 1 aromatic rings. The zero-order chi connectivity index (χ0) is 12.1. The summed E-state index contributed by atoms with van der Waals surface area (Å²) in [6.07, 6.45) is 1.70. The Morgan fingerprint density at radius 3 is 3.00 bits per heavy atom. The Morgan fingerprint density at radius 2 is 2.24 bits per heavy atom. The van der Waals surface area contributed by atoms with Crippen LogP contribution >= 0.6 is 15.9 Å². The Bertz CT molecular complexity index is 368. The second kappa shape index (κ2) is 6.18. The average Bonchev–Trinajstić information content (AvgIpc) is 2.35. The molecule has 94 valence electrons. The van der Waals surface area contributed by atoms with Gasteiger partial charge in [-0.15, -0.1) is 0 Å². The minimum atomic E-state index is 0.537. The lowest BCUT2D eigenvalue weighted by Crippen LogP contribution is -2.39. The second-order valence-corrected chi connectivity index (χ2v) is 4.88. The van der Waals surface area contributed by atoms with Gasteiger partial charge in [0.25, 0.3) is 0 Å². The fourth-order valence-corrected chi connectivity index (χ4v) is 2.10. The summed E-state index contributed by atoms with van der Waals surface area (Å²) >= 11 is 3.38. The summed E-state index contributed by atoms with van der Waals surface area (Å²) in [6.45, 7) is 5.54. The first-order valence-electron chi connectivity index (χ1n) is 5.71. The Balaban J connectivity index is 1.79. The van der Waals surface area contributed by atoms with Gasteiger partial charge in [0.2, 0.25) is 0 Å². The molecule has 5 nitrogen and oxygen atoms in total. The molecule has 0 spiro atoms. The molecular weight excluding hydrogens is 284 g/mol. The monoisotopic (exact) mass is 300 g/mol. The highest BCUT2D eigenvalue weighted by molar-refractivity contribution is 9.10. The molecule has 1 aromatic heterocycles. The molecule has 2 heterocycles. The number of nitrogens with two attached hydrogens (primary N) is 1. The number of pyridine rings is 1. The number of ether oxygens (including phenoxy) is 1. The SMILES string of the molecule is Nc1ncc(Br)cc1NCCN1CCOCC1. The maximum absolute atomic E-state index is 5.78. The van der Waals surface area contributed by atoms with E-state index in [1.807, 2.05) is 6.07 Å². The Labute approximate surface area is 109 Å². The van der Waals surface area contributed by atoms with Gasteiger partial charge in [0.15, 0.2) is 0 Å². The van der Waals surface area contributed by atoms with Crippen LogP contribution in [0.25, 0.3) is 0 Å². The maximum Gasteiger partial charge on any atom is 0.146 e. The van der Waals surface area contributed by atoms with Gasteiger partial charge in [-0.3, -0.25) is 4.90 Å². The van der Waals surface area contributed by atoms with E-state index in [0.29, 0.717) is 5.82 Å². The van der Waals surface area contributed by atoms with E-state index in [9.17, 15) is 0 Å². The van der Waals surface area contributed by atoms with Gasteiger partial charge in [-0.2, -0.15) is 0 Å². The van der Waals surface area contributed by atoms with Crippen LogP contribution in [0.4, 0.5) is 11.5 Å². The number of hydrogen-bond acceptors (Lipinski definition) is 5. The maximum atomic E-state index is 5.78. The first kappa shape index (κ1) is 12.6. The first-order valence-corrected chi connectivity index (χ1v) is 6.50. The molecule has 0 unspecified atom stereocenters. The molecule has 2 rings (SSSR count). The number of halogens is 1. The molecule has 0 bridgehead atoms. The smallest absolute Gasteiger partial charge is 0.146 e. The fraction of sp³-hybridized carbons (Fsp3) is 0.545. The zero-order valence-corrected chi connectivity index (χ0v) is 11.2. The van der Waals surface area contributed by atoms with E-state index >= 15 is 0 Å². The van der Waals surface area contributed by atoms with Crippen molar-refractivity contribution >= 4 is 27.4 Å². The fourth-order valence-electron chi connectivity index (χ4n) is 1.76. The number of anilines is 2. The summed E-state index contributed by atoms with van der Waals surface area (Å²) in [5.41, 5.74) is 6.66. The highest BCUT2D eigenvalue weighted by atomic mass is 79.9. The van der Waals surface area contributed by atoms with E-state index in [0.717, 1.165) is 49.6 Å². The third kappa shape index (κ3) is 3.83. The van der Waals surface area contributed by atoms with Crippen LogP contribution in [0.2, 0.25) is 0 Å². The van der Waals surface area contributed by atoms with Gasteiger partial charge in [0, 0.05) is 36.8 Å². The van der Waals surface area contributed by atoms with Gasteiger partial charge in [-0.25, -0.2) is 4.98 Å². The molecule has 0 atom stereocenters. The van der Waals surface area contributed by atoms with Crippen molar-refractivity contribution in [3.8, 4) is 0 Å². The molecule has 0 amide bonds. The van der Waals surface area contributed by atoms with Crippen molar-refractivity contribution in [1.82, 2.24) is 9.88 Å². The van der Waals surface area contributed by atoms with Crippen molar-refractivity contribution in [2.24, 2.45) is 0 Å². The molecule has 0 saturated carbocycles. The lowest BCUT2D eigenvalue weighted by Gasteiger charge is -2.26. The molecule has 0 aliphatic carbocycles. The number of rotatable bonds is 4. The summed E-state index contributed by atoms with van der Waals surface area (Å²) in [6, 6.07) is 1.95. The minimum absolute atomic E-state index is 0.537. The largest absolute Gasteiger partial charge is 0.382 e. The van der Waals surface area contributed by atoms with Crippen LogP contribution in [-0.4, -0.2) is 49.3 Å². The molecule has 1 fully saturated rings. The van der Waals surface area contributed by atoms with Gasteiger partial charge in [-0.1, -0.05) is 0 Å². The number of hydrogen-bond donors (Lipinski definition) is 2. The first-order chi connectivity index (χ1) is 8.25. The normalized spacial score (nSPS) is 17.0. The van der Waals surface area contributed by atoms with Crippen molar-refractivity contribution in [3.63, 3.8) is 0 Å². The van der Waals surface area contributed by atoms with Crippen LogP contribution in [0.5, 0.6) is 0 Å². The average molecular weight is 301 g/mol. The van der Waals surface area contributed by atoms with E-state index < -0.39 is 0 Å². The van der Waals surface area contributed by atoms with Crippen LogP contribution in [0.15, 0.2) is 16.7 Å². The number of nitrogens with zero attached hydrogens (tertiary/aromatic N) is 2. The summed E-state index contributed by atoms with van der Waals surface area (Å²) in [7, 11) is 0. The van der Waals surface area contributed by atoms with Crippen molar-refractivity contribution < 1.29 is 4.74 Å². The lowest BCUT2D eigenvalue weighted by atomic mass is 10.3. The van der Waals surface area contributed by atoms with Crippen LogP contribution in [0, 0.1) is 0 Å². The number of nitrogen functional groups attached to an aromatic ring is 1. The van der Waals surface area contributed by atoms with Crippen molar-refractivity contribution in [1.29, 1.82) is 0 Å². The molecule has 0 radical (unpaired) electrons. The van der Waals surface area contributed by atoms with E-state index in [2.05, 4.69) is 31.1 Å². The molecule has 1 saturated heterocycles. The molecule has 0 aromatic carbocycles. The standard InChI is InChI=1S/C11H17BrN4O/c12-9-7-10(11(13)15-8-9)14-1-2-16-3-5-17-6-4-16/h7-8,14H,1-6H2,(H2,13,15). The topological polar surface area (TPSA) is 63.4 Å². The minimum Gasteiger partial charge on any atom is -0.382 e. The van der Waals surface area contributed by atoms with Crippen LogP contribution < -0.4 is 11.1 Å². The third-order valence-corrected chi connectivity index (χ3v) is 3.17. The van der Waals surface area contributed by atoms with Gasteiger partial charge < -0.3 is 15.8 Å². The predicted octanol–water partition coefficient (Wildman–Crippen LogP) is 1.17. The molecule has 3 N–H and O–H groups in total. The summed E-state index contributed by atoms with van der Waals surface area (Å²) in [4.78, 5) is 6.45. The van der Waals surface area contributed by atoms with E-state index in [1.165, 1.54) is 0 Å². The van der Waals surface area contributed by atoms with Gasteiger partial charge in [-0.05, 0) is 22.0 Å². The molecule has 1 aliphatic heterocycles. The van der Waals surface area contributed by atoms with Gasteiger partial charge in [0.05, 0.1) is 18.9 Å². The number of nitrogens with one attached hydrogen (secondary N) is 1. The molecule has 17 heavy (non-hydrogen) atoms. The number of morpholine rings is 1. The van der Waals surface area contributed by atoms with Gasteiger partial charge in [0.1, 0.15) is 5.82 Å². The Morgan fingerprint density at radius 1 is 1.47 bits per heavy atom. The van der Waals surface area contributed by atoms with E-state index in [1.54, 1.807) is 6.20 Å². The summed E-state index contributed by atoms with van der Waals surface area (Å²) in [5, 5.41) is 3.30. The molecule has 1 aliphatic rings. The van der Waals surface area contributed by atoms with Crippen LogP contribution in [-0.2, 0) is 4.74 Å². The van der Waals surface area contributed by atoms with Crippen molar-refractivity contribution in [2.45, 2.75) is 0 Å². The highest BCUT2D eigenvalue weighted by Gasteiger charge is 2.09. The van der Waals surface area contributed by atoms with Crippen LogP contribution in [0.3, 0.4) is 0 Å². The third-order valence-electron chi connectivity index (χ3n) is 2.73. The van der Waals surface area contributed by atoms with Gasteiger partial charge >= 0.3 is 0 Å². The van der Waals surface area contributed by atoms with E-state index in [-0.39, 0.29) is 0 Å². The molecular formula is C11H17BrN4O. The second-order valence-electron chi connectivity index (χ2n) is 3.97. The quantitative estimate of drug-likeness (QED) is 0.874. The van der Waals surface area contributed by atoms with Crippen molar-refractivity contribution in [3.05, 3.63) is 16.7 Å². The Hall–Kier alpha value is -0.850. The number of aromatic nitrogens is 1. The lowest BCUT2D eigenvalue weighted by molar-refractivity contribution is 0.0398.